The van der Waals surface area contributed by atoms with E-state index >= 15 is 0 Å². The molecule has 0 saturated heterocycles. The van der Waals surface area contributed by atoms with Gasteiger partial charge in [-0.3, -0.25) is 4.79 Å². The van der Waals surface area contributed by atoms with E-state index in [1.165, 1.54) is 0 Å². The Morgan fingerprint density at radius 3 is 2.41 bits per heavy atom. The molecule has 13 heteroatoms. The molecule has 0 saturated carbocycles. The summed E-state index contributed by atoms with van der Waals surface area (Å²) in [5.41, 5.74) is 11.8. The SMILES string of the molecule is CN(CCCCNS(=O)(=O)Cc1ccc(Cl)cc1)CCNC(=O)c1nc(Cl)c(N)nc1N. The van der Waals surface area contributed by atoms with Crippen LogP contribution in [0.15, 0.2) is 24.3 Å². The van der Waals surface area contributed by atoms with E-state index in [0.29, 0.717) is 36.6 Å². The summed E-state index contributed by atoms with van der Waals surface area (Å²) in [7, 11) is -1.49. The molecule has 1 amide bonds. The van der Waals surface area contributed by atoms with Crippen LogP contribution in [0.25, 0.3) is 0 Å². The Bertz CT molecular complexity index is 1020. The first-order valence-corrected chi connectivity index (χ1v) is 12.2. The average Bonchev–Trinajstić information content (AvgIpc) is 2.71. The van der Waals surface area contributed by atoms with Gasteiger partial charge in [-0.15, -0.1) is 0 Å². The summed E-state index contributed by atoms with van der Waals surface area (Å²) >= 11 is 11.6. The summed E-state index contributed by atoms with van der Waals surface area (Å²) in [5.74, 6) is -0.692. The summed E-state index contributed by atoms with van der Waals surface area (Å²) in [6.45, 7) is 2.05. The largest absolute Gasteiger partial charge is 0.382 e. The maximum atomic E-state index is 12.2. The van der Waals surface area contributed by atoms with Crippen molar-refractivity contribution in [2.75, 3.05) is 44.7 Å². The molecular weight excluding hydrogens is 477 g/mol. The summed E-state index contributed by atoms with van der Waals surface area (Å²) in [4.78, 5) is 21.8. The van der Waals surface area contributed by atoms with Gasteiger partial charge in [-0.1, -0.05) is 35.3 Å². The Balaban J connectivity index is 1.62. The number of unbranched alkanes of at least 4 members (excludes halogenated alkanes) is 1. The Hall–Kier alpha value is -2.18. The van der Waals surface area contributed by atoms with Crippen molar-refractivity contribution in [2.24, 2.45) is 0 Å². The predicted octanol–water partition coefficient (Wildman–Crippen LogP) is 1.51. The zero-order chi connectivity index (χ0) is 23.7. The maximum absolute atomic E-state index is 12.2. The molecule has 176 valence electrons. The van der Waals surface area contributed by atoms with Crippen LogP contribution in [0.1, 0.15) is 28.9 Å². The van der Waals surface area contributed by atoms with Gasteiger partial charge in [-0.05, 0) is 44.1 Å². The molecule has 0 aliphatic heterocycles. The van der Waals surface area contributed by atoms with Crippen LogP contribution < -0.4 is 21.5 Å². The number of aromatic nitrogens is 2. The summed E-state index contributed by atoms with van der Waals surface area (Å²) < 4.78 is 26.9. The van der Waals surface area contributed by atoms with Crippen molar-refractivity contribution in [2.45, 2.75) is 18.6 Å². The first-order chi connectivity index (χ1) is 15.1. The molecule has 6 N–H and O–H groups in total. The zero-order valence-corrected chi connectivity index (χ0v) is 20.0. The van der Waals surface area contributed by atoms with Crippen LogP contribution in [0.2, 0.25) is 10.2 Å². The van der Waals surface area contributed by atoms with Crippen molar-refractivity contribution in [3.63, 3.8) is 0 Å². The lowest BCUT2D eigenvalue weighted by atomic mass is 10.2. The van der Waals surface area contributed by atoms with Gasteiger partial charge in [0.15, 0.2) is 22.5 Å². The van der Waals surface area contributed by atoms with Crippen molar-refractivity contribution >= 4 is 50.8 Å². The fraction of sp³-hybridized carbons (Fsp3) is 0.421. The quantitative estimate of drug-likeness (QED) is 0.317. The fourth-order valence-electron chi connectivity index (χ4n) is 2.75. The Morgan fingerprint density at radius 1 is 1.03 bits per heavy atom. The molecule has 0 bridgehead atoms. The molecule has 0 aliphatic rings. The molecular formula is C19H27Cl2N7O3S. The van der Waals surface area contributed by atoms with Crippen LogP contribution in [-0.2, 0) is 15.8 Å². The highest BCUT2D eigenvalue weighted by atomic mass is 35.5. The van der Waals surface area contributed by atoms with E-state index in [1.54, 1.807) is 24.3 Å². The van der Waals surface area contributed by atoms with E-state index in [1.807, 2.05) is 11.9 Å². The summed E-state index contributed by atoms with van der Waals surface area (Å²) in [6, 6.07) is 6.71. The normalized spacial score (nSPS) is 11.6. The molecule has 1 aromatic carbocycles. The minimum absolute atomic E-state index is 0.0345. The van der Waals surface area contributed by atoms with E-state index in [9.17, 15) is 13.2 Å². The number of benzene rings is 1. The Morgan fingerprint density at radius 2 is 1.72 bits per heavy atom. The van der Waals surface area contributed by atoms with E-state index in [2.05, 4.69) is 20.0 Å². The lowest BCUT2D eigenvalue weighted by molar-refractivity contribution is 0.0945. The van der Waals surface area contributed by atoms with Gasteiger partial charge in [0.2, 0.25) is 10.0 Å². The standard InChI is InChI=1S/C19H27Cl2N7O3S/c1-28(11-9-24-19(29)15-17(22)27-18(23)16(21)26-15)10-3-2-8-25-32(30,31)12-13-4-6-14(20)7-5-13/h4-7,25H,2-3,8-12H2,1H3,(H,24,29)(H4,22,23,27). The molecule has 1 heterocycles. The smallest absolute Gasteiger partial charge is 0.273 e. The van der Waals surface area contributed by atoms with Crippen molar-refractivity contribution in [1.82, 2.24) is 24.9 Å². The van der Waals surface area contributed by atoms with E-state index in [0.717, 1.165) is 13.0 Å². The molecule has 0 radical (unpaired) electrons. The molecule has 0 atom stereocenters. The average molecular weight is 504 g/mol. The number of nitrogens with one attached hydrogen (secondary N) is 2. The molecule has 1 aromatic heterocycles. The fourth-order valence-corrected chi connectivity index (χ4v) is 4.19. The van der Waals surface area contributed by atoms with Crippen molar-refractivity contribution < 1.29 is 13.2 Å². The number of anilines is 2. The number of hydrogen-bond acceptors (Lipinski definition) is 8. The minimum Gasteiger partial charge on any atom is -0.382 e. The number of halogens is 2. The maximum Gasteiger partial charge on any atom is 0.273 e. The molecule has 0 unspecified atom stereocenters. The van der Waals surface area contributed by atoms with Gasteiger partial charge >= 0.3 is 0 Å². The Kier molecular flexibility index (Phi) is 9.91. The van der Waals surface area contributed by atoms with Crippen LogP contribution in [0.3, 0.4) is 0 Å². The third-order valence-electron chi connectivity index (χ3n) is 4.46. The number of carbonyl (C=O) groups is 1. The van der Waals surface area contributed by atoms with Crippen LogP contribution in [0.4, 0.5) is 11.6 Å². The molecule has 2 aromatic rings. The van der Waals surface area contributed by atoms with Gasteiger partial charge in [0.05, 0.1) is 5.75 Å². The van der Waals surface area contributed by atoms with Gasteiger partial charge in [0.1, 0.15) is 0 Å². The number of amides is 1. The number of nitrogens with two attached hydrogens (primary N) is 2. The second-order valence-corrected chi connectivity index (χ2v) is 9.78. The predicted molar refractivity (Wildman–Crippen MR) is 127 cm³/mol. The lowest BCUT2D eigenvalue weighted by Gasteiger charge is -2.17. The first-order valence-electron chi connectivity index (χ1n) is 9.84. The van der Waals surface area contributed by atoms with E-state index < -0.39 is 15.9 Å². The lowest BCUT2D eigenvalue weighted by Crippen LogP contribution is -2.34. The highest BCUT2D eigenvalue weighted by Gasteiger charge is 2.15. The van der Waals surface area contributed by atoms with Gasteiger partial charge in [0.25, 0.3) is 5.91 Å². The number of nitrogens with zero attached hydrogens (tertiary/aromatic N) is 3. The van der Waals surface area contributed by atoms with E-state index in [-0.39, 0.29) is 28.2 Å². The number of likely N-dealkylation sites (N-methyl/N-ethyl adjacent to an activating group) is 1. The van der Waals surface area contributed by atoms with Gasteiger partial charge < -0.3 is 21.7 Å². The number of carbonyl (C=O) groups excluding carboxylic acids is 1. The molecule has 2 rings (SSSR count). The molecule has 32 heavy (non-hydrogen) atoms. The van der Waals surface area contributed by atoms with Gasteiger partial charge in [-0.25, -0.2) is 23.1 Å². The van der Waals surface area contributed by atoms with Gasteiger partial charge in [-0.2, -0.15) is 0 Å². The van der Waals surface area contributed by atoms with Crippen LogP contribution in [0, 0.1) is 0 Å². The highest BCUT2D eigenvalue weighted by Crippen LogP contribution is 2.17. The first kappa shape index (κ1) is 26.1. The van der Waals surface area contributed by atoms with Crippen LogP contribution in [0.5, 0.6) is 0 Å². The topological polar surface area (TPSA) is 156 Å². The minimum atomic E-state index is -3.40. The summed E-state index contributed by atoms with van der Waals surface area (Å²) in [6.07, 6.45) is 1.48. The summed E-state index contributed by atoms with van der Waals surface area (Å²) in [5, 5.41) is 3.19. The second-order valence-electron chi connectivity index (χ2n) is 7.18. The van der Waals surface area contributed by atoms with Crippen LogP contribution in [-0.4, -0.2) is 62.4 Å². The number of sulfonamides is 1. The number of nitrogen functional groups attached to an aromatic ring is 2. The molecule has 10 nitrogen and oxygen atoms in total. The monoisotopic (exact) mass is 503 g/mol. The molecule has 0 fully saturated rings. The van der Waals surface area contributed by atoms with Crippen molar-refractivity contribution in [1.29, 1.82) is 0 Å². The Labute approximate surface area is 197 Å². The van der Waals surface area contributed by atoms with E-state index in [4.69, 9.17) is 34.7 Å². The molecule has 0 aliphatic carbocycles. The second kappa shape index (κ2) is 12.2. The highest BCUT2D eigenvalue weighted by molar-refractivity contribution is 7.88. The van der Waals surface area contributed by atoms with Crippen molar-refractivity contribution in [3.05, 3.63) is 45.7 Å². The zero-order valence-electron chi connectivity index (χ0n) is 17.6. The van der Waals surface area contributed by atoms with Gasteiger partial charge in [0, 0.05) is 24.7 Å². The third-order valence-corrected chi connectivity index (χ3v) is 6.34. The molecule has 0 spiro atoms. The number of rotatable bonds is 12. The number of hydrogen-bond donors (Lipinski definition) is 4. The van der Waals surface area contributed by atoms with Crippen LogP contribution >= 0.6 is 23.2 Å². The third kappa shape index (κ3) is 8.75. The van der Waals surface area contributed by atoms with Crippen molar-refractivity contribution in [3.8, 4) is 0 Å².